The highest BCUT2D eigenvalue weighted by molar-refractivity contribution is 5.81. The molecule has 1 aromatic carbocycles. The van der Waals surface area contributed by atoms with Gasteiger partial charge in [0.2, 0.25) is 5.88 Å². The minimum absolute atomic E-state index is 0.115. The van der Waals surface area contributed by atoms with Gasteiger partial charge in [-0.05, 0) is 18.1 Å². The number of pyridine rings is 1. The molecule has 0 aliphatic carbocycles. The summed E-state index contributed by atoms with van der Waals surface area (Å²) >= 11 is 0. The van der Waals surface area contributed by atoms with Crippen molar-refractivity contribution >= 4 is 10.9 Å². The maximum absolute atomic E-state index is 12.4. The van der Waals surface area contributed by atoms with E-state index in [9.17, 15) is 4.79 Å². The first-order valence-electron chi connectivity index (χ1n) is 5.98. The zero-order valence-electron chi connectivity index (χ0n) is 10.1. The van der Waals surface area contributed by atoms with E-state index in [1.807, 2.05) is 38.1 Å². The monoisotopic (exact) mass is 229 g/mol. The minimum atomic E-state index is 0.115. The molecule has 0 N–H and O–H groups in total. The van der Waals surface area contributed by atoms with Crippen LogP contribution >= 0.6 is 0 Å². The third-order valence-electron chi connectivity index (χ3n) is 3.29. The van der Waals surface area contributed by atoms with Gasteiger partial charge in [0.1, 0.15) is 6.61 Å². The summed E-state index contributed by atoms with van der Waals surface area (Å²) in [6, 6.07) is 7.76. The average Bonchev–Trinajstić information content (AvgIpc) is 2.78. The summed E-state index contributed by atoms with van der Waals surface area (Å²) in [6.45, 7) is 5.56. The van der Waals surface area contributed by atoms with Gasteiger partial charge in [-0.3, -0.25) is 4.79 Å². The molecule has 0 saturated carbocycles. The summed E-state index contributed by atoms with van der Waals surface area (Å²) in [5.41, 5.74) is 1.90. The van der Waals surface area contributed by atoms with Crippen molar-refractivity contribution in [1.29, 1.82) is 0 Å². The van der Waals surface area contributed by atoms with Crippen molar-refractivity contribution in [1.82, 2.24) is 4.57 Å². The topological polar surface area (TPSA) is 31.2 Å². The van der Waals surface area contributed by atoms with E-state index in [2.05, 4.69) is 4.57 Å². The van der Waals surface area contributed by atoms with Gasteiger partial charge in [0.25, 0.3) is 0 Å². The Morgan fingerprint density at radius 1 is 1.29 bits per heavy atom. The third kappa shape index (κ3) is 1.38. The SMILES string of the molecule is CC(C)c1c2n(c3ccccc3c1=O)CCO2. The van der Waals surface area contributed by atoms with Crippen LogP contribution < -0.4 is 10.2 Å². The van der Waals surface area contributed by atoms with Gasteiger partial charge in [-0.1, -0.05) is 26.0 Å². The molecule has 1 aromatic heterocycles. The van der Waals surface area contributed by atoms with Gasteiger partial charge in [-0.25, -0.2) is 0 Å². The van der Waals surface area contributed by atoms with Crippen LogP contribution in [-0.4, -0.2) is 11.2 Å². The van der Waals surface area contributed by atoms with E-state index in [0.717, 1.165) is 28.9 Å². The van der Waals surface area contributed by atoms with Crippen molar-refractivity contribution in [3.63, 3.8) is 0 Å². The first-order chi connectivity index (χ1) is 8.20. The highest BCUT2D eigenvalue weighted by Gasteiger charge is 2.23. The second-order valence-corrected chi connectivity index (χ2v) is 4.72. The molecule has 17 heavy (non-hydrogen) atoms. The predicted octanol–water partition coefficient (Wildman–Crippen LogP) is 2.52. The van der Waals surface area contributed by atoms with Gasteiger partial charge < -0.3 is 9.30 Å². The first-order valence-corrected chi connectivity index (χ1v) is 5.98. The number of fused-ring (bicyclic) bond motifs is 3. The van der Waals surface area contributed by atoms with Crippen LogP contribution in [0.2, 0.25) is 0 Å². The molecular weight excluding hydrogens is 214 g/mol. The molecule has 2 heterocycles. The lowest BCUT2D eigenvalue weighted by molar-refractivity contribution is 0.351. The van der Waals surface area contributed by atoms with Gasteiger partial charge in [-0.2, -0.15) is 0 Å². The normalized spacial score (nSPS) is 14.1. The molecular formula is C14H15NO2. The number of rotatable bonds is 1. The Hall–Kier alpha value is -1.77. The van der Waals surface area contributed by atoms with E-state index in [-0.39, 0.29) is 11.3 Å². The van der Waals surface area contributed by atoms with Crippen LogP contribution in [0.1, 0.15) is 25.3 Å². The molecule has 3 rings (SSSR count). The summed E-state index contributed by atoms with van der Waals surface area (Å²) in [7, 11) is 0. The summed E-state index contributed by atoms with van der Waals surface area (Å²) in [5, 5.41) is 0.797. The Morgan fingerprint density at radius 3 is 2.82 bits per heavy atom. The fraction of sp³-hybridized carbons (Fsp3) is 0.357. The Labute approximate surface area is 99.6 Å². The van der Waals surface area contributed by atoms with Gasteiger partial charge in [0.05, 0.1) is 17.6 Å². The van der Waals surface area contributed by atoms with Crippen molar-refractivity contribution < 1.29 is 4.74 Å². The van der Waals surface area contributed by atoms with Crippen molar-refractivity contribution in [3.05, 3.63) is 40.1 Å². The van der Waals surface area contributed by atoms with Crippen LogP contribution in [-0.2, 0) is 6.54 Å². The molecule has 0 bridgehead atoms. The number of aromatic nitrogens is 1. The van der Waals surface area contributed by atoms with E-state index in [1.54, 1.807) is 0 Å². The van der Waals surface area contributed by atoms with Gasteiger partial charge >= 0.3 is 0 Å². The van der Waals surface area contributed by atoms with Crippen LogP contribution in [0.25, 0.3) is 10.9 Å². The number of benzene rings is 1. The molecule has 1 aliphatic heterocycles. The largest absolute Gasteiger partial charge is 0.477 e. The lowest BCUT2D eigenvalue weighted by Crippen LogP contribution is -2.15. The summed E-state index contributed by atoms with van der Waals surface area (Å²) in [5.74, 6) is 0.954. The fourth-order valence-corrected chi connectivity index (χ4v) is 2.52. The van der Waals surface area contributed by atoms with E-state index in [0.29, 0.717) is 6.61 Å². The van der Waals surface area contributed by atoms with Crippen LogP contribution in [0, 0.1) is 0 Å². The van der Waals surface area contributed by atoms with Crippen molar-refractivity contribution in [2.45, 2.75) is 26.3 Å². The molecule has 0 saturated heterocycles. The van der Waals surface area contributed by atoms with E-state index in [4.69, 9.17) is 4.74 Å². The van der Waals surface area contributed by atoms with Crippen molar-refractivity contribution in [3.8, 4) is 5.88 Å². The minimum Gasteiger partial charge on any atom is -0.477 e. The molecule has 0 unspecified atom stereocenters. The van der Waals surface area contributed by atoms with E-state index in [1.165, 1.54) is 0 Å². The van der Waals surface area contributed by atoms with Crippen LogP contribution in [0.4, 0.5) is 0 Å². The number of nitrogens with zero attached hydrogens (tertiary/aromatic N) is 1. The maximum atomic E-state index is 12.4. The zero-order valence-corrected chi connectivity index (χ0v) is 10.1. The van der Waals surface area contributed by atoms with E-state index >= 15 is 0 Å². The van der Waals surface area contributed by atoms with Gasteiger partial charge in [-0.15, -0.1) is 0 Å². The zero-order chi connectivity index (χ0) is 12.0. The molecule has 3 heteroatoms. The summed E-state index contributed by atoms with van der Waals surface area (Å²) in [6.07, 6.45) is 0. The lowest BCUT2D eigenvalue weighted by Gasteiger charge is -2.14. The number of ether oxygens (including phenoxy) is 1. The van der Waals surface area contributed by atoms with Crippen LogP contribution in [0.5, 0.6) is 5.88 Å². The summed E-state index contributed by atoms with van der Waals surface area (Å²) < 4.78 is 7.76. The quantitative estimate of drug-likeness (QED) is 0.752. The Balaban J connectivity index is 2.51. The Morgan fingerprint density at radius 2 is 2.06 bits per heavy atom. The molecule has 0 spiro atoms. The third-order valence-corrected chi connectivity index (χ3v) is 3.29. The summed E-state index contributed by atoms with van der Waals surface area (Å²) in [4.78, 5) is 12.4. The van der Waals surface area contributed by atoms with Gasteiger partial charge in [0, 0.05) is 5.39 Å². The first kappa shape index (κ1) is 10.4. The van der Waals surface area contributed by atoms with Crippen LogP contribution in [0.3, 0.4) is 0 Å². The molecule has 0 fully saturated rings. The highest BCUT2D eigenvalue weighted by Crippen LogP contribution is 2.30. The van der Waals surface area contributed by atoms with Gasteiger partial charge in [0.15, 0.2) is 5.43 Å². The molecule has 88 valence electrons. The standard InChI is InChI=1S/C14H15NO2/c1-9(2)12-13(16)10-5-3-4-6-11(10)15-7-8-17-14(12)15/h3-6,9H,7-8H2,1-2H3. The molecule has 1 aliphatic rings. The van der Waals surface area contributed by atoms with E-state index < -0.39 is 0 Å². The Kier molecular flexibility index (Phi) is 2.21. The number of hydrogen-bond acceptors (Lipinski definition) is 2. The predicted molar refractivity (Wildman–Crippen MR) is 67.8 cm³/mol. The smallest absolute Gasteiger partial charge is 0.201 e. The molecule has 3 nitrogen and oxygen atoms in total. The van der Waals surface area contributed by atoms with Crippen molar-refractivity contribution in [2.24, 2.45) is 0 Å². The van der Waals surface area contributed by atoms with Crippen LogP contribution in [0.15, 0.2) is 29.1 Å². The maximum Gasteiger partial charge on any atom is 0.201 e. The second kappa shape index (κ2) is 3.62. The molecule has 0 radical (unpaired) electrons. The molecule has 2 aromatic rings. The average molecular weight is 229 g/mol. The molecule has 0 amide bonds. The fourth-order valence-electron chi connectivity index (χ4n) is 2.52. The molecule has 0 atom stereocenters. The Bertz CT molecular complexity index is 640. The lowest BCUT2D eigenvalue weighted by atomic mass is 10.0. The van der Waals surface area contributed by atoms with Crippen molar-refractivity contribution in [2.75, 3.05) is 6.61 Å². The number of para-hydroxylation sites is 1. The number of hydrogen-bond donors (Lipinski definition) is 0. The highest BCUT2D eigenvalue weighted by atomic mass is 16.5. The second-order valence-electron chi connectivity index (χ2n) is 4.72.